The lowest BCUT2D eigenvalue weighted by molar-refractivity contribution is -0.124. The van der Waals surface area contributed by atoms with Gasteiger partial charge < -0.3 is 14.9 Å². The molecule has 24 heavy (non-hydrogen) atoms. The van der Waals surface area contributed by atoms with Crippen LogP contribution >= 0.6 is 0 Å². The van der Waals surface area contributed by atoms with Gasteiger partial charge in [-0.2, -0.15) is 0 Å². The van der Waals surface area contributed by atoms with Crippen molar-refractivity contribution >= 4 is 0 Å². The van der Waals surface area contributed by atoms with Crippen LogP contribution in [-0.4, -0.2) is 23.4 Å². The van der Waals surface area contributed by atoms with Gasteiger partial charge in [-0.05, 0) is 58.4 Å². The van der Waals surface area contributed by atoms with E-state index < -0.39 is 6.10 Å². The number of ether oxygens (including phenoxy) is 1. The maximum absolute atomic E-state index is 11.2. The van der Waals surface area contributed by atoms with E-state index in [0.29, 0.717) is 5.75 Å². The number of hydrogen-bond donors (Lipinski definition) is 2. The highest BCUT2D eigenvalue weighted by molar-refractivity contribution is 5.50. The maximum Gasteiger partial charge on any atom is 0.119 e. The summed E-state index contributed by atoms with van der Waals surface area (Å²) in [5.74, 6) is 0.733. The van der Waals surface area contributed by atoms with E-state index in [1.54, 1.807) is 7.11 Å². The Kier molecular flexibility index (Phi) is 4.25. The predicted molar refractivity (Wildman–Crippen MR) is 96.4 cm³/mol. The second kappa shape index (κ2) is 5.74. The predicted octanol–water partition coefficient (Wildman–Crippen LogP) is 4.66. The molecule has 3 nitrogen and oxygen atoms in total. The monoisotopic (exact) mass is 332 g/mol. The van der Waals surface area contributed by atoms with E-state index in [9.17, 15) is 10.2 Å². The largest absolute Gasteiger partial charge is 0.508 e. The quantitative estimate of drug-likeness (QED) is 0.828. The van der Waals surface area contributed by atoms with Crippen molar-refractivity contribution in [3.63, 3.8) is 0 Å². The average Bonchev–Trinajstić information content (AvgIpc) is 2.46. The molecule has 0 bridgehead atoms. The maximum atomic E-state index is 11.2. The first kappa shape index (κ1) is 17.8. The molecule has 0 amide bonds. The number of aliphatic hydroxyl groups is 1. The number of hydrogen-bond acceptors (Lipinski definition) is 3. The summed E-state index contributed by atoms with van der Waals surface area (Å²) >= 11 is 0. The Balaban J connectivity index is 2.26. The van der Waals surface area contributed by atoms with Crippen molar-refractivity contribution in [2.75, 3.05) is 7.11 Å². The lowest BCUT2D eigenvalue weighted by atomic mass is 9.49. The van der Waals surface area contributed by atoms with Crippen molar-refractivity contribution in [1.29, 1.82) is 0 Å². The molecule has 2 aliphatic carbocycles. The van der Waals surface area contributed by atoms with Gasteiger partial charge in [0, 0.05) is 13.0 Å². The zero-order valence-electron chi connectivity index (χ0n) is 15.9. The Morgan fingerprint density at radius 1 is 1.17 bits per heavy atom. The van der Waals surface area contributed by atoms with Gasteiger partial charge in [-0.1, -0.05) is 41.0 Å². The Labute approximate surface area is 146 Å². The fourth-order valence-electron chi connectivity index (χ4n) is 5.67. The van der Waals surface area contributed by atoms with Crippen molar-refractivity contribution in [3.05, 3.63) is 28.8 Å². The van der Waals surface area contributed by atoms with E-state index in [1.807, 2.05) is 6.07 Å². The lowest BCUT2D eigenvalue weighted by Crippen LogP contribution is -2.56. The molecular formula is C21H32O3. The number of phenolic OH excluding ortho intramolecular Hbond substituents is 1. The molecule has 1 aromatic rings. The fourth-order valence-corrected chi connectivity index (χ4v) is 5.67. The number of aromatic hydroxyl groups is 1. The minimum Gasteiger partial charge on any atom is -0.508 e. The Hall–Kier alpha value is -1.06. The SMILES string of the molecule is CO[C@@H]1c2cc(C(C)C)c(O)cc2[C@]2(C)CCCC(C)(C)[C@H]2[C@@H]1O. The molecule has 4 atom stereocenters. The first-order valence-electron chi connectivity index (χ1n) is 9.21. The highest BCUT2D eigenvalue weighted by Gasteiger charge is 2.56. The van der Waals surface area contributed by atoms with Crippen molar-refractivity contribution in [2.24, 2.45) is 11.3 Å². The van der Waals surface area contributed by atoms with Gasteiger partial charge in [0.25, 0.3) is 0 Å². The lowest BCUT2D eigenvalue weighted by Gasteiger charge is -2.57. The zero-order valence-corrected chi connectivity index (χ0v) is 15.9. The molecular weight excluding hydrogens is 300 g/mol. The zero-order chi connectivity index (χ0) is 17.9. The third-order valence-corrected chi connectivity index (χ3v) is 6.69. The minimum atomic E-state index is -0.521. The second-order valence-corrected chi connectivity index (χ2v) is 9.04. The number of fused-ring (bicyclic) bond motifs is 3. The van der Waals surface area contributed by atoms with Crippen molar-refractivity contribution < 1.29 is 14.9 Å². The van der Waals surface area contributed by atoms with Crippen LogP contribution < -0.4 is 0 Å². The minimum absolute atomic E-state index is 0.0488. The van der Waals surface area contributed by atoms with Gasteiger partial charge >= 0.3 is 0 Å². The Morgan fingerprint density at radius 3 is 2.42 bits per heavy atom. The molecule has 3 heteroatoms. The van der Waals surface area contributed by atoms with E-state index in [0.717, 1.165) is 30.4 Å². The summed E-state index contributed by atoms with van der Waals surface area (Å²) in [5, 5.41) is 21.8. The molecule has 0 aliphatic heterocycles. The molecule has 0 saturated heterocycles. The highest BCUT2D eigenvalue weighted by atomic mass is 16.5. The van der Waals surface area contributed by atoms with Crippen LogP contribution in [-0.2, 0) is 10.2 Å². The Bertz CT molecular complexity index is 634. The molecule has 0 radical (unpaired) electrons. The number of methoxy groups -OCH3 is 1. The van der Waals surface area contributed by atoms with E-state index in [2.05, 4.69) is 40.7 Å². The van der Waals surface area contributed by atoms with E-state index in [-0.39, 0.29) is 28.8 Å². The van der Waals surface area contributed by atoms with Crippen LogP contribution in [0.2, 0.25) is 0 Å². The van der Waals surface area contributed by atoms with Gasteiger partial charge in [-0.15, -0.1) is 0 Å². The van der Waals surface area contributed by atoms with Gasteiger partial charge in [0.05, 0.1) is 6.10 Å². The molecule has 0 unspecified atom stereocenters. The molecule has 1 saturated carbocycles. The molecule has 0 heterocycles. The molecule has 1 fully saturated rings. The number of aliphatic hydroxyl groups excluding tert-OH is 1. The molecule has 0 spiro atoms. The van der Waals surface area contributed by atoms with Crippen LogP contribution in [0.5, 0.6) is 5.75 Å². The molecule has 134 valence electrons. The van der Waals surface area contributed by atoms with Crippen molar-refractivity contribution in [3.8, 4) is 5.75 Å². The Morgan fingerprint density at radius 2 is 1.83 bits per heavy atom. The van der Waals surface area contributed by atoms with E-state index in [4.69, 9.17) is 4.74 Å². The van der Waals surface area contributed by atoms with Crippen LogP contribution in [0.25, 0.3) is 0 Å². The standard InChI is InChI=1S/C21H32O3/c1-12(2)13-10-14-15(11-16(13)22)21(5)9-7-8-20(3,4)19(21)17(23)18(14)24-6/h10-12,17-19,22-23H,7-9H2,1-6H3/t17-,18-,19-,21+/m1/s1. The number of rotatable bonds is 2. The van der Waals surface area contributed by atoms with Gasteiger partial charge in [0.15, 0.2) is 0 Å². The topological polar surface area (TPSA) is 49.7 Å². The first-order chi connectivity index (χ1) is 11.1. The smallest absolute Gasteiger partial charge is 0.119 e. The first-order valence-corrected chi connectivity index (χ1v) is 9.21. The second-order valence-electron chi connectivity index (χ2n) is 9.04. The summed E-state index contributed by atoms with van der Waals surface area (Å²) in [4.78, 5) is 0. The number of benzene rings is 1. The highest BCUT2D eigenvalue weighted by Crippen LogP contribution is 2.60. The summed E-state index contributed by atoms with van der Waals surface area (Å²) in [6.45, 7) is 10.9. The summed E-state index contributed by atoms with van der Waals surface area (Å²) in [6, 6.07) is 4.02. The van der Waals surface area contributed by atoms with Crippen LogP contribution in [0.3, 0.4) is 0 Å². The normalized spacial score (nSPS) is 34.8. The van der Waals surface area contributed by atoms with Crippen LogP contribution in [0.1, 0.15) is 82.6 Å². The van der Waals surface area contributed by atoms with Gasteiger partial charge in [0.1, 0.15) is 11.9 Å². The van der Waals surface area contributed by atoms with Crippen LogP contribution in [0.15, 0.2) is 12.1 Å². The summed E-state index contributed by atoms with van der Waals surface area (Å²) < 4.78 is 5.76. The van der Waals surface area contributed by atoms with Gasteiger partial charge in [-0.25, -0.2) is 0 Å². The summed E-state index contributed by atoms with van der Waals surface area (Å²) in [5.41, 5.74) is 3.08. The van der Waals surface area contributed by atoms with Crippen LogP contribution in [0.4, 0.5) is 0 Å². The third kappa shape index (κ3) is 2.40. The summed E-state index contributed by atoms with van der Waals surface area (Å²) in [6.07, 6.45) is 2.46. The summed E-state index contributed by atoms with van der Waals surface area (Å²) in [7, 11) is 1.68. The van der Waals surface area contributed by atoms with Crippen molar-refractivity contribution in [2.45, 2.75) is 77.4 Å². The average molecular weight is 332 g/mol. The third-order valence-electron chi connectivity index (χ3n) is 6.69. The molecule has 3 rings (SSSR count). The van der Waals surface area contributed by atoms with Gasteiger partial charge in [0.2, 0.25) is 0 Å². The van der Waals surface area contributed by atoms with Gasteiger partial charge in [-0.3, -0.25) is 0 Å². The molecule has 1 aromatic carbocycles. The van der Waals surface area contributed by atoms with Crippen molar-refractivity contribution in [1.82, 2.24) is 0 Å². The van der Waals surface area contributed by atoms with E-state index >= 15 is 0 Å². The molecule has 0 aromatic heterocycles. The fraction of sp³-hybridized carbons (Fsp3) is 0.714. The van der Waals surface area contributed by atoms with Crippen LogP contribution in [0, 0.1) is 11.3 Å². The molecule has 2 N–H and O–H groups in total. The van der Waals surface area contributed by atoms with E-state index in [1.165, 1.54) is 5.56 Å². The molecule has 2 aliphatic rings. The number of phenols is 1.